The maximum Gasteiger partial charge on any atom is 0.336 e. The number of aromatic carboxylic acids is 1. The first kappa shape index (κ1) is 12.9. The largest absolute Gasteiger partial charge is 0.478 e. The highest BCUT2D eigenvalue weighted by molar-refractivity contribution is 5.90. The highest BCUT2D eigenvalue weighted by atomic mass is 16.4. The Kier molecular flexibility index (Phi) is 3.33. The topological polar surface area (TPSA) is 40.5 Å². The second-order valence-electron chi connectivity index (χ2n) is 5.37. The lowest BCUT2D eigenvalue weighted by molar-refractivity contribution is 0.0696. The number of carboxylic acids is 1. The molecule has 1 aromatic rings. The number of benzene rings is 1. The van der Waals surface area contributed by atoms with Gasteiger partial charge >= 0.3 is 5.97 Å². The Balaban J connectivity index is 2.17. The number of nitrogens with zero attached hydrogens (tertiary/aromatic N) is 1. The Morgan fingerprint density at radius 2 is 1.94 bits per heavy atom. The molecule has 0 aliphatic carbocycles. The second kappa shape index (κ2) is 4.63. The van der Waals surface area contributed by atoms with Crippen LogP contribution in [0.15, 0.2) is 18.2 Å². The molecule has 0 atom stereocenters. The zero-order chi connectivity index (χ0) is 13.3. The summed E-state index contributed by atoms with van der Waals surface area (Å²) in [4.78, 5) is 13.4. The van der Waals surface area contributed by atoms with Crippen molar-refractivity contribution in [1.82, 2.24) is 0 Å². The maximum atomic E-state index is 11.1. The number of aryl methyl sites for hydroxylation is 1. The van der Waals surface area contributed by atoms with Crippen LogP contribution in [0.1, 0.15) is 42.6 Å². The van der Waals surface area contributed by atoms with Gasteiger partial charge in [-0.1, -0.05) is 19.9 Å². The molecule has 1 aromatic carbocycles. The van der Waals surface area contributed by atoms with Crippen molar-refractivity contribution in [2.45, 2.75) is 33.6 Å². The van der Waals surface area contributed by atoms with Gasteiger partial charge in [0.1, 0.15) is 0 Å². The van der Waals surface area contributed by atoms with Gasteiger partial charge in [0.05, 0.1) is 5.56 Å². The van der Waals surface area contributed by atoms with E-state index in [-0.39, 0.29) is 0 Å². The predicted molar refractivity (Wildman–Crippen MR) is 73.4 cm³/mol. The predicted octanol–water partition coefficient (Wildman–Crippen LogP) is 3.32. The second-order valence-corrected chi connectivity index (χ2v) is 5.37. The van der Waals surface area contributed by atoms with Gasteiger partial charge in [0.15, 0.2) is 0 Å². The fraction of sp³-hybridized carbons (Fsp3) is 0.533. The summed E-state index contributed by atoms with van der Waals surface area (Å²) in [5.74, 6) is -0.841. The van der Waals surface area contributed by atoms with Crippen molar-refractivity contribution < 1.29 is 9.90 Å². The van der Waals surface area contributed by atoms with E-state index in [9.17, 15) is 4.79 Å². The molecule has 0 radical (unpaired) electrons. The molecule has 1 N–H and O–H groups in total. The molecule has 0 aromatic heterocycles. The van der Waals surface area contributed by atoms with Gasteiger partial charge in [0.2, 0.25) is 0 Å². The van der Waals surface area contributed by atoms with E-state index >= 15 is 0 Å². The quantitative estimate of drug-likeness (QED) is 0.887. The van der Waals surface area contributed by atoms with Crippen LogP contribution in [-0.4, -0.2) is 24.2 Å². The van der Waals surface area contributed by atoms with Crippen LogP contribution in [-0.2, 0) is 0 Å². The van der Waals surface area contributed by atoms with Gasteiger partial charge in [-0.15, -0.1) is 0 Å². The van der Waals surface area contributed by atoms with E-state index in [2.05, 4.69) is 18.7 Å². The van der Waals surface area contributed by atoms with Crippen molar-refractivity contribution >= 4 is 11.7 Å². The summed E-state index contributed by atoms with van der Waals surface area (Å²) in [7, 11) is 0. The van der Waals surface area contributed by atoms with Gasteiger partial charge in [0.25, 0.3) is 0 Å². The Morgan fingerprint density at radius 3 is 2.44 bits per heavy atom. The molecule has 98 valence electrons. The first-order valence-corrected chi connectivity index (χ1v) is 6.60. The van der Waals surface area contributed by atoms with Gasteiger partial charge in [0, 0.05) is 24.2 Å². The number of carboxylic acid groups (broad SMARTS) is 1. The number of anilines is 1. The van der Waals surface area contributed by atoms with Crippen molar-refractivity contribution in [2.75, 3.05) is 18.0 Å². The average molecular weight is 247 g/mol. The summed E-state index contributed by atoms with van der Waals surface area (Å²) in [5.41, 5.74) is 2.71. The summed E-state index contributed by atoms with van der Waals surface area (Å²) in [5, 5.41) is 9.14. The summed E-state index contributed by atoms with van der Waals surface area (Å²) in [6, 6.07) is 5.72. The van der Waals surface area contributed by atoms with Crippen LogP contribution < -0.4 is 4.90 Å². The lowest BCUT2D eigenvalue weighted by atomic mass is 9.75. The van der Waals surface area contributed by atoms with Gasteiger partial charge in [-0.25, -0.2) is 4.79 Å². The number of rotatable bonds is 4. The summed E-state index contributed by atoms with van der Waals surface area (Å²) < 4.78 is 0. The van der Waals surface area contributed by atoms with Crippen LogP contribution in [0.4, 0.5) is 5.69 Å². The first-order chi connectivity index (χ1) is 8.51. The van der Waals surface area contributed by atoms with E-state index < -0.39 is 5.97 Å². The minimum absolute atomic E-state index is 0.415. The normalized spacial score (nSPS) is 17.4. The van der Waals surface area contributed by atoms with Crippen molar-refractivity contribution in [3.8, 4) is 0 Å². The van der Waals surface area contributed by atoms with Crippen LogP contribution >= 0.6 is 0 Å². The van der Waals surface area contributed by atoms with Crippen LogP contribution in [0.25, 0.3) is 0 Å². The van der Waals surface area contributed by atoms with E-state index in [1.165, 1.54) is 12.8 Å². The van der Waals surface area contributed by atoms with E-state index in [1.807, 2.05) is 19.1 Å². The monoisotopic (exact) mass is 247 g/mol. The first-order valence-electron chi connectivity index (χ1n) is 6.60. The number of hydrogen-bond donors (Lipinski definition) is 1. The van der Waals surface area contributed by atoms with E-state index in [1.54, 1.807) is 6.07 Å². The van der Waals surface area contributed by atoms with Crippen molar-refractivity contribution in [3.05, 3.63) is 29.3 Å². The molecular weight excluding hydrogens is 226 g/mol. The molecule has 1 heterocycles. The molecule has 0 bridgehead atoms. The Labute approximate surface area is 108 Å². The Hall–Kier alpha value is -1.51. The third kappa shape index (κ3) is 2.09. The zero-order valence-electron chi connectivity index (χ0n) is 11.4. The number of hydrogen-bond acceptors (Lipinski definition) is 2. The Morgan fingerprint density at radius 1 is 1.33 bits per heavy atom. The molecular formula is C15H21NO2. The van der Waals surface area contributed by atoms with Gasteiger partial charge in [-0.2, -0.15) is 0 Å². The smallest absolute Gasteiger partial charge is 0.336 e. The van der Waals surface area contributed by atoms with Crippen molar-refractivity contribution in [2.24, 2.45) is 5.41 Å². The Bertz CT molecular complexity index is 456. The molecule has 0 spiro atoms. The minimum Gasteiger partial charge on any atom is -0.478 e. The van der Waals surface area contributed by atoms with Crippen molar-refractivity contribution in [3.63, 3.8) is 0 Å². The maximum absolute atomic E-state index is 11.1. The molecule has 2 rings (SSSR count). The van der Waals surface area contributed by atoms with E-state index in [0.29, 0.717) is 11.0 Å². The van der Waals surface area contributed by atoms with Gasteiger partial charge in [-0.3, -0.25) is 0 Å². The third-order valence-electron chi connectivity index (χ3n) is 4.37. The highest BCUT2D eigenvalue weighted by Crippen LogP contribution is 2.40. The lowest BCUT2D eigenvalue weighted by Gasteiger charge is -2.51. The molecule has 0 unspecified atom stereocenters. The molecule has 1 aliphatic heterocycles. The summed E-state index contributed by atoms with van der Waals surface area (Å²) in [6.07, 6.45) is 2.38. The van der Waals surface area contributed by atoms with Crippen LogP contribution in [0.5, 0.6) is 0 Å². The average Bonchev–Trinajstić information content (AvgIpc) is 2.30. The molecule has 1 aliphatic rings. The van der Waals surface area contributed by atoms with Crippen LogP contribution in [0.2, 0.25) is 0 Å². The summed E-state index contributed by atoms with van der Waals surface area (Å²) in [6.45, 7) is 8.40. The van der Waals surface area contributed by atoms with Gasteiger partial charge in [-0.05, 0) is 37.5 Å². The van der Waals surface area contributed by atoms with E-state index in [0.717, 1.165) is 24.3 Å². The standard InChI is InChI=1S/C15H21NO2/c1-4-15(5-2)9-16(10-15)12-7-6-11(3)13(8-12)14(17)18/h6-8H,4-5,9-10H2,1-3H3,(H,17,18). The molecule has 18 heavy (non-hydrogen) atoms. The molecule has 3 nitrogen and oxygen atoms in total. The summed E-state index contributed by atoms with van der Waals surface area (Å²) >= 11 is 0. The fourth-order valence-electron chi connectivity index (χ4n) is 2.68. The molecule has 3 heteroatoms. The van der Waals surface area contributed by atoms with Gasteiger partial charge < -0.3 is 10.0 Å². The third-order valence-corrected chi connectivity index (χ3v) is 4.37. The van der Waals surface area contributed by atoms with Crippen molar-refractivity contribution in [1.29, 1.82) is 0 Å². The molecule has 1 saturated heterocycles. The molecule has 1 fully saturated rings. The molecule has 0 saturated carbocycles. The number of carbonyl (C=O) groups is 1. The SMILES string of the molecule is CCC1(CC)CN(c2ccc(C)c(C(=O)O)c2)C1. The lowest BCUT2D eigenvalue weighted by Crippen LogP contribution is -2.55. The fourth-order valence-corrected chi connectivity index (χ4v) is 2.68. The minimum atomic E-state index is -0.841. The van der Waals surface area contributed by atoms with Crippen LogP contribution in [0.3, 0.4) is 0 Å². The van der Waals surface area contributed by atoms with E-state index in [4.69, 9.17) is 5.11 Å². The van der Waals surface area contributed by atoms with Crippen LogP contribution in [0, 0.1) is 12.3 Å². The zero-order valence-corrected chi connectivity index (χ0v) is 11.4. The molecule has 0 amide bonds. The highest BCUT2D eigenvalue weighted by Gasteiger charge is 2.39.